The number of hydrogen-bond acceptors (Lipinski definition) is 21. The number of carbonyl (C=O) groups is 17. The Morgan fingerprint density at radius 2 is 1.20 bits per heavy atom. The molecular formula is C77H105N19O19S. The molecule has 1 fully saturated rings. The minimum absolute atomic E-state index is 0.0383. The summed E-state index contributed by atoms with van der Waals surface area (Å²) >= 11 is 0.931. The number of aliphatic hydroxyl groups excluding tert-OH is 1. The van der Waals surface area contributed by atoms with Crippen LogP contribution in [0.4, 0.5) is 0 Å². The van der Waals surface area contributed by atoms with Crippen LogP contribution < -0.4 is 103 Å². The average Bonchev–Trinajstić information content (AvgIpc) is 1.01. The van der Waals surface area contributed by atoms with Gasteiger partial charge in [0.15, 0.2) is 0 Å². The summed E-state index contributed by atoms with van der Waals surface area (Å²) in [4.78, 5) is 239. The number of thioether (sulfide) groups is 1. The van der Waals surface area contributed by atoms with Crippen molar-refractivity contribution in [1.82, 2.24) is 74.1 Å². The SMILES string of the molecule is COc1ccc(C[C@H](NC(=O)[C@@H]2CSCC[C@H](NC(C)=O)C(=O)N[C@@H](CCC(N)=O)C(=O)N[C@@H]([C@@H](C)O)C(=O)N[C@@H](Cc3c[nH]c4ccccc34)C(=O)N[C@@H](CCC(N)=O)C(=O)N2)C(=O)N[C@@H](Cc2ccc3ccccc3c2)C(=O)N[C@@](C)(CCCN)C(=O)N[C@@H](CCCCNC(C)=O)C(=O)N[C@@H](CC(N)=O)C(=O)NCC(N)=O)cc1. The van der Waals surface area contributed by atoms with E-state index in [-0.39, 0.29) is 82.5 Å². The number of hydrogen-bond donors (Lipinski definition) is 20. The zero-order chi connectivity index (χ0) is 85.3. The van der Waals surface area contributed by atoms with Crippen molar-refractivity contribution in [2.24, 2.45) is 28.7 Å². The number of ether oxygens (including phenoxy) is 1. The zero-order valence-electron chi connectivity index (χ0n) is 65.1. The summed E-state index contributed by atoms with van der Waals surface area (Å²) < 4.78 is 5.41. The minimum Gasteiger partial charge on any atom is -0.497 e. The number of nitrogens with one attached hydrogen (secondary N) is 14. The van der Waals surface area contributed by atoms with Crippen molar-refractivity contribution in [1.29, 1.82) is 0 Å². The molecule has 2 heterocycles. The lowest BCUT2D eigenvalue weighted by Crippen LogP contribution is -2.64. The van der Waals surface area contributed by atoms with Crippen LogP contribution >= 0.6 is 11.8 Å². The van der Waals surface area contributed by atoms with Crippen LogP contribution in [0.25, 0.3) is 21.7 Å². The zero-order valence-corrected chi connectivity index (χ0v) is 65.9. The first-order valence-electron chi connectivity index (χ1n) is 37.7. The summed E-state index contributed by atoms with van der Waals surface area (Å²) in [5.74, 6) is -16.6. The van der Waals surface area contributed by atoms with Gasteiger partial charge in [-0.05, 0) is 123 Å². The van der Waals surface area contributed by atoms with Crippen molar-refractivity contribution < 1.29 is 91.4 Å². The summed E-state index contributed by atoms with van der Waals surface area (Å²) in [6.45, 7) is 4.31. The van der Waals surface area contributed by atoms with Crippen LogP contribution in [0.15, 0.2) is 97.2 Å². The lowest BCUT2D eigenvalue weighted by molar-refractivity contribution is -0.138. The Labute approximate surface area is 672 Å². The van der Waals surface area contributed by atoms with E-state index in [9.17, 15) is 62.6 Å². The van der Waals surface area contributed by atoms with Gasteiger partial charge >= 0.3 is 0 Å². The molecule has 1 aliphatic heterocycles. The molecule has 1 aliphatic rings. The molecule has 25 N–H and O–H groups in total. The van der Waals surface area contributed by atoms with Crippen molar-refractivity contribution in [3.05, 3.63) is 114 Å². The van der Waals surface area contributed by atoms with E-state index in [2.05, 4.69) is 74.1 Å². The highest BCUT2D eigenvalue weighted by atomic mass is 32.2. The number of amides is 17. The average molecular weight is 1630 g/mol. The highest BCUT2D eigenvalue weighted by molar-refractivity contribution is 7.99. The number of aromatic nitrogens is 1. The fourth-order valence-corrected chi connectivity index (χ4v) is 13.6. The number of methoxy groups -OCH3 is 1. The molecule has 628 valence electrons. The Hall–Kier alpha value is -12.3. The standard InChI is InChI=1S/C77H105N19O19S/c1-41(97)65-75(113)92-58(36-48-38-84-51-16-9-8-15-50(48)51)72(110)88-53(24-26-61(79)100)68(106)93-60(40-116-32-28-55(86-43(3)99)69(107)87-54(70(108)95-65)25-27-62(80)101)73(111)89-56(34-44-19-22-49(115-5)23-20-44)71(109)90-57(35-45-18-21-46-13-6-7-14-47(46)33-45)74(112)96-77(4,29-12-30-78)76(114)94-52(17-10-11-31-83-42(2)98)67(105)91-59(37-63(81)102)66(104)85-39-64(82)103/h6-9,13-16,18-23,33,38,41,52-60,65,84,97H,10-12,17,24-32,34-37,39-40,78H2,1-5H3,(H2,79,100)(H2,80,101)(H2,81,102)(H2,82,103)(H,83,98)(H,85,104)(H,86,99)(H,87,107)(H,88,110)(H,89,111)(H,90,109)(H,91,105)(H,92,113)(H,93,106)(H,94,114)(H,95,108)(H,96,112)/t41-,52+,53+,54+,55+,56+,57+,58+,59+,60+,65+,77+/m1/s1. The molecule has 0 spiro atoms. The number of unbranched alkanes of at least 4 members (excludes halogenated alkanes) is 1. The normalized spacial score (nSPS) is 18.9. The van der Waals surface area contributed by atoms with Gasteiger partial charge in [0, 0.05) is 75.3 Å². The second-order valence-electron chi connectivity index (χ2n) is 28.4. The Balaban J connectivity index is 1.44. The maximum atomic E-state index is 15.6. The van der Waals surface area contributed by atoms with E-state index >= 15 is 24.0 Å². The van der Waals surface area contributed by atoms with Gasteiger partial charge in [-0.3, -0.25) is 81.5 Å². The van der Waals surface area contributed by atoms with Crippen LogP contribution in [-0.2, 0) is 101 Å². The highest BCUT2D eigenvalue weighted by Crippen LogP contribution is 2.23. The molecule has 1 saturated heterocycles. The number of nitrogens with two attached hydrogens (primary N) is 5. The van der Waals surface area contributed by atoms with Crippen molar-refractivity contribution in [3.8, 4) is 5.75 Å². The smallest absolute Gasteiger partial charge is 0.246 e. The largest absolute Gasteiger partial charge is 0.497 e. The molecule has 6 rings (SSSR count). The van der Waals surface area contributed by atoms with E-state index in [4.69, 9.17) is 33.4 Å². The molecule has 0 unspecified atom stereocenters. The van der Waals surface area contributed by atoms with Crippen LogP contribution in [0.1, 0.15) is 115 Å². The van der Waals surface area contributed by atoms with Gasteiger partial charge in [0.25, 0.3) is 0 Å². The maximum absolute atomic E-state index is 15.6. The van der Waals surface area contributed by atoms with Crippen molar-refractivity contribution in [2.75, 3.05) is 38.2 Å². The summed E-state index contributed by atoms with van der Waals surface area (Å²) in [6.07, 6.45) is -4.09. The van der Waals surface area contributed by atoms with E-state index in [1.165, 1.54) is 21.0 Å². The van der Waals surface area contributed by atoms with E-state index in [1.807, 2.05) is 18.2 Å². The Morgan fingerprint density at radius 3 is 1.83 bits per heavy atom. The number of carbonyl (C=O) groups excluding carboxylic acids is 17. The van der Waals surface area contributed by atoms with Gasteiger partial charge < -0.3 is 113 Å². The van der Waals surface area contributed by atoms with Gasteiger partial charge in [0.2, 0.25) is 100 Å². The van der Waals surface area contributed by atoms with E-state index in [1.54, 1.807) is 79.0 Å². The molecular weight excluding hydrogens is 1530 g/mol. The van der Waals surface area contributed by atoms with E-state index in [0.717, 1.165) is 36.4 Å². The molecule has 17 amide bonds. The second kappa shape index (κ2) is 45.6. The molecule has 0 radical (unpaired) electrons. The molecule has 39 heteroatoms. The van der Waals surface area contributed by atoms with Gasteiger partial charge in [-0.15, -0.1) is 0 Å². The number of primary amides is 4. The second-order valence-corrected chi connectivity index (χ2v) is 29.5. The van der Waals surface area contributed by atoms with Crippen molar-refractivity contribution in [3.63, 3.8) is 0 Å². The minimum atomic E-state index is -2.02. The number of benzene rings is 4. The van der Waals surface area contributed by atoms with Gasteiger partial charge in [-0.25, -0.2) is 0 Å². The molecule has 0 bridgehead atoms. The summed E-state index contributed by atoms with van der Waals surface area (Å²) in [5.41, 5.74) is 27.8. The van der Waals surface area contributed by atoms with Crippen LogP contribution in [0, 0.1) is 0 Å². The van der Waals surface area contributed by atoms with Crippen LogP contribution in [-0.4, -0.2) is 221 Å². The van der Waals surface area contributed by atoms with Crippen LogP contribution in [0.2, 0.25) is 0 Å². The quantitative estimate of drug-likeness (QED) is 0.0166. The first kappa shape index (κ1) is 92.6. The summed E-state index contributed by atoms with van der Waals surface area (Å²) in [7, 11) is 1.41. The molecule has 0 aliphatic carbocycles. The Kier molecular flexibility index (Phi) is 36.4. The molecule has 38 nitrogen and oxygen atoms in total. The first-order chi connectivity index (χ1) is 55.1. The monoisotopic (exact) mass is 1630 g/mol. The molecule has 116 heavy (non-hydrogen) atoms. The molecule has 5 aromatic rings. The highest BCUT2D eigenvalue weighted by Gasteiger charge is 2.42. The number of aromatic amines is 1. The van der Waals surface area contributed by atoms with Gasteiger partial charge in [-0.2, -0.15) is 11.8 Å². The van der Waals surface area contributed by atoms with E-state index in [0.29, 0.717) is 33.3 Å². The number of aliphatic hydroxyl groups is 1. The van der Waals surface area contributed by atoms with Crippen LogP contribution in [0.3, 0.4) is 0 Å². The van der Waals surface area contributed by atoms with Crippen LogP contribution in [0.5, 0.6) is 5.75 Å². The van der Waals surface area contributed by atoms with E-state index < -0.39 is 211 Å². The molecule has 12 atom stereocenters. The first-order valence-corrected chi connectivity index (χ1v) is 38.8. The number of rotatable bonds is 38. The third-order valence-electron chi connectivity index (χ3n) is 18.9. The summed E-state index contributed by atoms with van der Waals surface area (Å²) in [6, 6.07) is 8.88. The third kappa shape index (κ3) is 29.9. The fraction of sp³-hybridized carbons (Fsp3) is 0.468. The van der Waals surface area contributed by atoms with Gasteiger partial charge in [0.05, 0.1) is 26.2 Å². The van der Waals surface area contributed by atoms with Crippen molar-refractivity contribution >= 4 is 134 Å². The van der Waals surface area contributed by atoms with Gasteiger partial charge in [-0.1, -0.05) is 72.8 Å². The Morgan fingerprint density at radius 1 is 0.603 bits per heavy atom. The topological polar surface area (TPSA) is 622 Å². The number of fused-ring (bicyclic) bond motifs is 2. The molecule has 1 aromatic heterocycles. The summed E-state index contributed by atoms with van der Waals surface area (Å²) in [5, 5.41) is 46.6. The number of para-hydroxylation sites is 1. The molecule has 0 saturated carbocycles. The van der Waals surface area contributed by atoms with Crippen molar-refractivity contribution in [2.45, 2.75) is 190 Å². The maximum Gasteiger partial charge on any atom is 0.246 e. The number of H-pyrrole nitrogens is 1. The van der Waals surface area contributed by atoms with Gasteiger partial charge in [0.1, 0.15) is 71.7 Å². The lowest BCUT2D eigenvalue weighted by Gasteiger charge is -2.34. The predicted octanol–water partition coefficient (Wildman–Crippen LogP) is -4.33. The fourth-order valence-electron chi connectivity index (χ4n) is 12.6. The predicted molar refractivity (Wildman–Crippen MR) is 425 cm³/mol. The third-order valence-corrected chi connectivity index (χ3v) is 20.0. The Bertz CT molecular complexity index is 4370. The lowest BCUT2D eigenvalue weighted by atomic mass is 9.92. The molecule has 4 aromatic carbocycles.